The van der Waals surface area contributed by atoms with Crippen molar-refractivity contribution in [3.8, 4) is 22.8 Å². The van der Waals surface area contributed by atoms with Crippen LogP contribution in [-0.2, 0) is 6.54 Å². The van der Waals surface area contributed by atoms with Crippen molar-refractivity contribution in [2.75, 3.05) is 12.4 Å². The molecule has 180 valence electrons. The van der Waals surface area contributed by atoms with E-state index in [1.807, 2.05) is 24.7 Å². The van der Waals surface area contributed by atoms with Crippen LogP contribution in [0.4, 0.5) is 11.6 Å². The van der Waals surface area contributed by atoms with E-state index in [9.17, 15) is 9.90 Å². The number of nitrogens with one attached hydrogen (secondary N) is 2. The molecular weight excluding hydrogens is 468 g/mol. The van der Waals surface area contributed by atoms with E-state index in [0.29, 0.717) is 40.2 Å². The second-order valence-corrected chi connectivity index (χ2v) is 8.49. The van der Waals surface area contributed by atoms with E-state index in [1.54, 1.807) is 48.7 Å². The molecule has 0 aliphatic carbocycles. The van der Waals surface area contributed by atoms with Gasteiger partial charge in [-0.05, 0) is 49.7 Å². The fourth-order valence-corrected chi connectivity index (χ4v) is 3.53. The van der Waals surface area contributed by atoms with E-state index in [-0.39, 0.29) is 17.7 Å². The van der Waals surface area contributed by atoms with Gasteiger partial charge in [0.1, 0.15) is 11.5 Å². The van der Waals surface area contributed by atoms with Gasteiger partial charge in [0.2, 0.25) is 5.95 Å². The van der Waals surface area contributed by atoms with E-state index in [1.165, 1.54) is 13.3 Å². The van der Waals surface area contributed by atoms with Gasteiger partial charge in [-0.25, -0.2) is 9.97 Å². The fourth-order valence-electron chi connectivity index (χ4n) is 3.33. The summed E-state index contributed by atoms with van der Waals surface area (Å²) < 4.78 is 7.32. The zero-order valence-electron chi connectivity index (χ0n) is 19.5. The molecule has 10 heteroatoms. The minimum absolute atomic E-state index is 0.176. The Kier molecular flexibility index (Phi) is 7.17. The fraction of sp³-hybridized carbons (Fsp3) is 0.200. The van der Waals surface area contributed by atoms with Gasteiger partial charge in [0.05, 0.1) is 35.9 Å². The highest BCUT2D eigenvalue weighted by Gasteiger charge is 2.14. The predicted octanol–water partition coefficient (Wildman–Crippen LogP) is 4.96. The first kappa shape index (κ1) is 24.0. The van der Waals surface area contributed by atoms with Crippen molar-refractivity contribution in [1.82, 2.24) is 25.1 Å². The molecule has 0 bridgehead atoms. The number of hydrogen-bond donors (Lipinski definition) is 3. The first-order chi connectivity index (χ1) is 16.8. The summed E-state index contributed by atoms with van der Waals surface area (Å²) in [7, 11) is 1.52. The summed E-state index contributed by atoms with van der Waals surface area (Å²) in [6.45, 7) is 4.40. The van der Waals surface area contributed by atoms with Gasteiger partial charge in [0.15, 0.2) is 0 Å². The predicted molar refractivity (Wildman–Crippen MR) is 134 cm³/mol. The van der Waals surface area contributed by atoms with Crippen LogP contribution in [0.3, 0.4) is 0 Å². The number of phenolic OH excluding ortho intramolecular Hbond substituents is 1. The summed E-state index contributed by atoms with van der Waals surface area (Å²) in [5.74, 6) is 0.699. The van der Waals surface area contributed by atoms with Crippen LogP contribution in [0, 0.1) is 0 Å². The first-order valence-electron chi connectivity index (χ1n) is 10.9. The molecule has 0 spiro atoms. The van der Waals surface area contributed by atoms with Crippen LogP contribution >= 0.6 is 11.6 Å². The van der Waals surface area contributed by atoms with Crippen molar-refractivity contribution in [1.29, 1.82) is 0 Å². The summed E-state index contributed by atoms with van der Waals surface area (Å²) in [5.41, 5.74) is 3.23. The van der Waals surface area contributed by atoms with Crippen molar-refractivity contribution in [2.24, 2.45) is 0 Å². The van der Waals surface area contributed by atoms with Crippen molar-refractivity contribution in [3.05, 3.63) is 77.2 Å². The van der Waals surface area contributed by atoms with Crippen molar-refractivity contribution in [3.63, 3.8) is 0 Å². The minimum Gasteiger partial charge on any atom is -0.508 e. The molecule has 0 unspecified atom stereocenters. The van der Waals surface area contributed by atoms with E-state index in [2.05, 4.69) is 25.7 Å². The Morgan fingerprint density at radius 1 is 1.17 bits per heavy atom. The van der Waals surface area contributed by atoms with Crippen LogP contribution in [0.15, 0.2) is 61.1 Å². The maximum absolute atomic E-state index is 12.6. The number of nitrogens with zero attached hydrogens (tertiary/aromatic N) is 4. The standard InChI is InChI=1S/C25H25ClN6O3/c1-15(2)32-14-18(12-29-32)23-20(26)13-28-25(31-23)30-21-9-6-17(10-22(21)35-3)24(34)27-11-16-4-7-19(33)8-5-16/h4-10,12-15,33H,11H2,1-3H3,(H,27,34)(H,28,30,31). The number of ether oxygens (including phenoxy) is 1. The number of halogens is 1. The third kappa shape index (κ3) is 5.70. The number of carbonyl (C=O) groups is 1. The number of rotatable bonds is 8. The lowest BCUT2D eigenvalue weighted by atomic mass is 10.1. The highest BCUT2D eigenvalue weighted by molar-refractivity contribution is 6.32. The molecule has 9 nitrogen and oxygen atoms in total. The van der Waals surface area contributed by atoms with Crippen LogP contribution in [0.1, 0.15) is 35.8 Å². The average Bonchev–Trinajstić information content (AvgIpc) is 3.35. The molecule has 0 aliphatic rings. The highest BCUT2D eigenvalue weighted by atomic mass is 35.5. The van der Waals surface area contributed by atoms with Crippen molar-refractivity contribution < 1.29 is 14.6 Å². The molecule has 0 fully saturated rings. The number of aromatic nitrogens is 4. The quantitative estimate of drug-likeness (QED) is 0.318. The Hall–Kier alpha value is -4.11. The minimum atomic E-state index is -0.255. The molecule has 0 radical (unpaired) electrons. The zero-order valence-corrected chi connectivity index (χ0v) is 20.2. The number of benzene rings is 2. The van der Waals surface area contributed by atoms with Gasteiger partial charge in [-0.1, -0.05) is 23.7 Å². The topological polar surface area (TPSA) is 114 Å². The average molecular weight is 493 g/mol. The lowest BCUT2D eigenvalue weighted by molar-refractivity contribution is 0.0950. The summed E-state index contributed by atoms with van der Waals surface area (Å²) in [6.07, 6.45) is 5.12. The third-order valence-corrected chi connectivity index (χ3v) is 5.52. The summed E-state index contributed by atoms with van der Waals surface area (Å²) >= 11 is 6.35. The molecule has 3 N–H and O–H groups in total. The number of phenols is 1. The monoisotopic (exact) mass is 492 g/mol. The van der Waals surface area contributed by atoms with Gasteiger partial charge in [0.25, 0.3) is 5.91 Å². The number of anilines is 2. The van der Waals surface area contributed by atoms with Crippen LogP contribution in [0.5, 0.6) is 11.5 Å². The van der Waals surface area contributed by atoms with E-state index in [0.717, 1.165) is 11.1 Å². The van der Waals surface area contributed by atoms with E-state index >= 15 is 0 Å². The number of amides is 1. The van der Waals surface area contributed by atoms with Crippen LogP contribution < -0.4 is 15.4 Å². The third-order valence-electron chi connectivity index (χ3n) is 5.25. The van der Waals surface area contributed by atoms with Gasteiger partial charge in [-0.2, -0.15) is 5.10 Å². The van der Waals surface area contributed by atoms with Crippen LogP contribution in [-0.4, -0.2) is 37.9 Å². The SMILES string of the molecule is COc1cc(C(=O)NCc2ccc(O)cc2)ccc1Nc1ncc(Cl)c(-c2cnn(C(C)C)c2)n1. The zero-order chi connectivity index (χ0) is 24.9. The number of carbonyl (C=O) groups excluding carboxylic acids is 1. The van der Waals surface area contributed by atoms with Gasteiger partial charge < -0.3 is 20.5 Å². The molecule has 0 atom stereocenters. The Morgan fingerprint density at radius 2 is 1.94 bits per heavy atom. The molecule has 2 aromatic heterocycles. The van der Waals surface area contributed by atoms with Gasteiger partial charge in [0, 0.05) is 29.9 Å². The Labute approximate surface area is 207 Å². The van der Waals surface area contributed by atoms with Gasteiger partial charge >= 0.3 is 0 Å². The van der Waals surface area contributed by atoms with Crippen molar-refractivity contribution >= 4 is 29.1 Å². The molecule has 35 heavy (non-hydrogen) atoms. The van der Waals surface area contributed by atoms with Crippen LogP contribution in [0.25, 0.3) is 11.3 Å². The Bertz CT molecular complexity index is 1340. The molecule has 2 aromatic carbocycles. The number of hydrogen-bond acceptors (Lipinski definition) is 7. The summed E-state index contributed by atoms with van der Waals surface area (Å²) in [6, 6.07) is 11.9. The molecular formula is C25H25ClN6O3. The lowest BCUT2D eigenvalue weighted by Crippen LogP contribution is -2.22. The van der Waals surface area contributed by atoms with Crippen molar-refractivity contribution in [2.45, 2.75) is 26.4 Å². The van der Waals surface area contributed by atoms with Gasteiger partial charge in [-0.3, -0.25) is 9.48 Å². The first-order valence-corrected chi connectivity index (χ1v) is 11.3. The molecule has 0 saturated carbocycles. The Balaban J connectivity index is 1.50. The Morgan fingerprint density at radius 3 is 2.63 bits per heavy atom. The smallest absolute Gasteiger partial charge is 0.251 e. The molecule has 0 aliphatic heterocycles. The maximum atomic E-state index is 12.6. The number of methoxy groups -OCH3 is 1. The molecule has 2 heterocycles. The van der Waals surface area contributed by atoms with E-state index < -0.39 is 0 Å². The van der Waals surface area contributed by atoms with E-state index in [4.69, 9.17) is 16.3 Å². The largest absolute Gasteiger partial charge is 0.508 e. The normalized spacial score (nSPS) is 10.9. The molecule has 1 amide bonds. The molecule has 0 saturated heterocycles. The summed E-state index contributed by atoms with van der Waals surface area (Å²) in [5, 5.41) is 20.1. The highest BCUT2D eigenvalue weighted by Crippen LogP contribution is 2.31. The molecule has 4 rings (SSSR count). The maximum Gasteiger partial charge on any atom is 0.251 e. The number of aromatic hydroxyl groups is 1. The van der Waals surface area contributed by atoms with Gasteiger partial charge in [-0.15, -0.1) is 0 Å². The second-order valence-electron chi connectivity index (χ2n) is 8.08. The summed E-state index contributed by atoms with van der Waals surface area (Å²) in [4.78, 5) is 21.5. The molecule has 4 aromatic rings. The second kappa shape index (κ2) is 10.4. The lowest BCUT2D eigenvalue weighted by Gasteiger charge is -2.13. The van der Waals surface area contributed by atoms with Crippen LogP contribution in [0.2, 0.25) is 5.02 Å².